The van der Waals surface area contributed by atoms with E-state index in [4.69, 9.17) is 14.4 Å². The third-order valence-electron chi connectivity index (χ3n) is 11.7. The van der Waals surface area contributed by atoms with Crippen molar-refractivity contribution in [1.29, 1.82) is 0 Å². The Morgan fingerprint density at radius 3 is 2.21 bits per heavy atom. The zero-order valence-electron chi connectivity index (χ0n) is 35.3. The van der Waals surface area contributed by atoms with Crippen LogP contribution in [0.4, 0.5) is 0 Å². The second-order valence-corrected chi connectivity index (χ2v) is 28.3. The summed E-state index contributed by atoms with van der Waals surface area (Å²) in [6.45, 7) is 13.5. The molecule has 7 aromatic rings. The molecule has 1 fully saturated rings. The molecule has 297 valence electrons. The standard InChI is InChI=1S/C34H34NO.C18H24GeN.Ir/c1-21-17-22(2)33(23(3)18-21)27-13-14-28-29-11-8-12-30(34(29)36-32(28)20-27)31-19-26(15-16-35-31)24(4)25-9-6-5-7-10-25;1-14(2)11-16-12-18(15-9-7-6-8-10-15)20-13-17(16)19(3,4)5;/h8,11,13-20,24-25H,5-7,9-10H2,1-4H3;6-9,12-14H,11H2,1-5H3;/q2*-1;. The Kier molecular flexibility index (Phi) is 13.8. The van der Waals surface area contributed by atoms with Gasteiger partial charge in [0.2, 0.25) is 0 Å². The van der Waals surface area contributed by atoms with Crippen molar-refractivity contribution in [3.8, 4) is 33.6 Å². The summed E-state index contributed by atoms with van der Waals surface area (Å²) in [6, 6.07) is 36.8. The fraction of sp³-hybridized carbons (Fsp3) is 0.346. The molecule has 0 aliphatic heterocycles. The first-order valence-corrected chi connectivity index (χ1v) is 28.1. The molecule has 1 unspecified atom stereocenters. The van der Waals surface area contributed by atoms with E-state index in [1.54, 1.807) is 4.40 Å². The molecule has 1 aliphatic carbocycles. The fourth-order valence-corrected chi connectivity index (χ4v) is 12.3. The van der Waals surface area contributed by atoms with E-state index in [-0.39, 0.29) is 20.1 Å². The number of furan rings is 1. The van der Waals surface area contributed by atoms with Gasteiger partial charge in [-0.05, 0) is 85.5 Å². The number of hydrogen-bond donors (Lipinski definition) is 0. The Morgan fingerprint density at radius 2 is 1.53 bits per heavy atom. The van der Waals surface area contributed by atoms with Crippen LogP contribution in [0, 0.1) is 44.7 Å². The first-order valence-electron chi connectivity index (χ1n) is 20.8. The van der Waals surface area contributed by atoms with E-state index in [1.165, 1.54) is 71.0 Å². The molecule has 1 saturated carbocycles. The SMILES string of the molecule is CC(C)Cc1cc(-c2[c-]cccc2)nc[c]1[Ge]([CH3])([CH3])[CH3].Cc1cc(C)c(-c2ccc3c(c2)oc2c(-c4cc(C(C)C5CCCCC5)ccn4)[c-]ccc23)c(C)c1.[Ir]. The molecule has 1 radical (unpaired) electrons. The summed E-state index contributed by atoms with van der Waals surface area (Å²) in [5.74, 6) is 9.31. The predicted octanol–water partition coefficient (Wildman–Crippen LogP) is 14.0. The number of hydrogen-bond acceptors (Lipinski definition) is 3. The van der Waals surface area contributed by atoms with Crippen LogP contribution < -0.4 is 4.40 Å². The quantitative estimate of drug-likeness (QED) is 0.112. The van der Waals surface area contributed by atoms with E-state index >= 15 is 0 Å². The van der Waals surface area contributed by atoms with Crippen LogP contribution in [0.3, 0.4) is 0 Å². The zero-order chi connectivity index (χ0) is 39.6. The molecule has 1 aliphatic rings. The molecule has 8 rings (SSSR count). The normalized spacial score (nSPS) is 14.0. The molecular formula is C52H58GeIrN2O-2. The third-order valence-corrected chi connectivity index (χ3v) is 16.1. The van der Waals surface area contributed by atoms with E-state index < -0.39 is 13.3 Å². The van der Waals surface area contributed by atoms with Crippen molar-refractivity contribution < 1.29 is 24.5 Å². The molecule has 57 heavy (non-hydrogen) atoms. The minimum atomic E-state index is -1.86. The zero-order valence-corrected chi connectivity index (χ0v) is 39.8. The maximum Gasteiger partial charge on any atom is 0.121 e. The Balaban J connectivity index is 0.000000223. The minimum Gasteiger partial charge on any atom is -0.501 e. The summed E-state index contributed by atoms with van der Waals surface area (Å²) in [4.78, 5) is 9.46. The van der Waals surface area contributed by atoms with Gasteiger partial charge in [0, 0.05) is 31.7 Å². The van der Waals surface area contributed by atoms with Crippen LogP contribution in [0.5, 0.6) is 0 Å². The van der Waals surface area contributed by atoms with Crippen molar-refractivity contribution >= 4 is 39.6 Å². The Labute approximate surface area is 357 Å². The maximum absolute atomic E-state index is 6.55. The third kappa shape index (κ3) is 9.73. The molecule has 1 atom stereocenters. The Morgan fingerprint density at radius 1 is 0.772 bits per heavy atom. The monoisotopic (exact) mass is 993 g/mol. The number of fused-ring (bicyclic) bond motifs is 3. The van der Waals surface area contributed by atoms with Crippen molar-refractivity contribution in [3.63, 3.8) is 0 Å². The van der Waals surface area contributed by atoms with E-state index in [9.17, 15) is 0 Å². The van der Waals surface area contributed by atoms with Gasteiger partial charge in [-0.15, -0.1) is 18.2 Å². The van der Waals surface area contributed by atoms with Gasteiger partial charge in [-0.25, -0.2) is 0 Å². The van der Waals surface area contributed by atoms with Crippen LogP contribution in [0.15, 0.2) is 102 Å². The predicted molar refractivity (Wildman–Crippen MR) is 240 cm³/mol. The van der Waals surface area contributed by atoms with Gasteiger partial charge in [0.25, 0.3) is 0 Å². The maximum atomic E-state index is 6.55. The molecule has 0 spiro atoms. The van der Waals surface area contributed by atoms with Crippen LogP contribution in [0.2, 0.25) is 17.3 Å². The van der Waals surface area contributed by atoms with Crippen molar-refractivity contribution in [3.05, 3.63) is 137 Å². The summed E-state index contributed by atoms with van der Waals surface area (Å²) in [5, 5.41) is 2.26. The molecule has 5 heteroatoms. The van der Waals surface area contributed by atoms with Gasteiger partial charge >= 0.3 is 126 Å². The second-order valence-electron chi connectivity index (χ2n) is 17.7. The molecule has 0 N–H and O–H groups in total. The van der Waals surface area contributed by atoms with Gasteiger partial charge in [0.15, 0.2) is 0 Å². The Bertz CT molecular complexity index is 2430. The average Bonchev–Trinajstić information content (AvgIpc) is 3.56. The largest absolute Gasteiger partial charge is 0.501 e. The number of aromatic nitrogens is 2. The summed E-state index contributed by atoms with van der Waals surface area (Å²) >= 11 is -1.86. The molecule has 4 aromatic carbocycles. The molecule has 3 aromatic heterocycles. The van der Waals surface area contributed by atoms with Crippen LogP contribution in [0.1, 0.15) is 86.6 Å². The van der Waals surface area contributed by atoms with Gasteiger partial charge in [-0.1, -0.05) is 78.6 Å². The molecule has 3 nitrogen and oxygen atoms in total. The van der Waals surface area contributed by atoms with Crippen molar-refractivity contribution in [1.82, 2.24) is 9.97 Å². The molecule has 0 amide bonds. The van der Waals surface area contributed by atoms with Crippen molar-refractivity contribution in [2.75, 3.05) is 0 Å². The molecule has 3 heterocycles. The minimum absolute atomic E-state index is 0. The number of aryl methyl sites for hydroxylation is 3. The van der Waals surface area contributed by atoms with E-state index in [0.29, 0.717) is 11.8 Å². The van der Waals surface area contributed by atoms with Crippen molar-refractivity contribution in [2.45, 2.75) is 103 Å². The van der Waals surface area contributed by atoms with Gasteiger partial charge in [-0.3, -0.25) is 0 Å². The van der Waals surface area contributed by atoms with Crippen LogP contribution >= 0.6 is 0 Å². The molecular weight excluding hydrogens is 933 g/mol. The topological polar surface area (TPSA) is 38.9 Å². The summed E-state index contributed by atoms with van der Waals surface area (Å²) in [7, 11) is 0. The Hall–Kier alpha value is -3.83. The van der Waals surface area contributed by atoms with Crippen LogP contribution in [0.25, 0.3) is 55.6 Å². The van der Waals surface area contributed by atoms with Gasteiger partial charge < -0.3 is 9.40 Å². The van der Waals surface area contributed by atoms with Gasteiger partial charge in [0.1, 0.15) is 5.58 Å². The summed E-state index contributed by atoms with van der Waals surface area (Å²) in [5.41, 5.74) is 15.1. The summed E-state index contributed by atoms with van der Waals surface area (Å²) < 4.78 is 8.09. The number of pyridine rings is 2. The smallest absolute Gasteiger partial charge is 0.121 e. The van der Waals surface area contributed by atoms with Gasteiger partial charge in [0.05, 0.1) is 5.58 Å². The second kappa shape index (κ2) is 18.4. The summed E-state index contributed by atoms with van der Waals surface area (Å²) in [6.07, 6.45) is 12.0. The molecule has 0 saturated heterocycles. The first kappa shape index (κ1) is 42.8. The van der Waals surface area contributed by atoms with Crippen LogP contribution in [-0.2, 0) is 26.5 Å². The van der Waals surface area contributed by atoms with Gasteiger partial charge in [-0.2, -0.15) is 0 Å². The average molecular weight is 992 g/mol. The number of nitrogens with zero attached hydrogens (tertiary/aromatic N) is 2. The molecule has 0 bridgehead atoms. The van der Waals surface area contributed by atoms with Crippen LogP contribution in [-0.4, -0.2) is 23.2 Å². The fourth-order valence-electron chi connectivity index (χ4n) is 8.98. The first-order chi connectivity index (χ1) is 26.9. The van der Waals surface area contributed by atoms with E-state index in [1.807, 2.05) is 30.5 Å². The van der Waals surface area contributed by atoms with E-state index in [2.05, 4.69) is 138 Å². The van der Waals surface area contributed by atoms with E-state index in [0.717, 1.165) is 56.8 Å². The number of rotatable bonds is 8. The number of benzene rings is 4. The van der Waals surface area contributed by atoms with Crippen molar-refractivity contribution in [2.24, 2.45) is 11.8 Å².